The van der Waals surface area contributed by atoms with Crippen LogP contribution in [0.4, 0.5) is 0 Å². The van der Waals surface area contributed by atoms with Gasteiger partial charge in [-0.05, 0) is 49.1 Å². The van der Waals surface area contributed by atoms with Crippen LogP contribution in [0.25, 0.3) is 0 Å². The maximum absolute atomic E-state index is 4.45. The van der Waals surface area contributed by atoms with Gasteiger partial charge in [0, 0.05) is 23.1 Å². The molecule has 0 saturated heterocycles. The first-order chi connectivity index (χ1) is 8.58. The number of hydrogen-bond donors (Lipinski definition) is 0. The second-order valence-corrected chi connectivity index (χ2v) is 5.89. The molecule has 1 atom stereocenters. The summed E-state index contributed by atoms with van der Waals surface area (Å²) >= 11 is 3.78. The van der Waals surface area contributed by atoms with Gasteiger partial charge in [0.15, 0.2) is 0 Å². The number of rotatable bonds is 3. The van der Waals surface area contributed by atoms with Crippen LogP contribution in [0.15, 0.2) is 36.5 Å². The molecule has 0 spiro atoms. The van der Waals surface area contributed by atoms with Gasteiger partial charge < -0.3 is 0 Å². The molecule has 2 aromatic rings. The van der Waals surface area contributed by atoms with E-state index in [9.17, 15) is 0 Å². The first-order valence-electron chi connectivity index (χ1n) is 6.19. The lowest BCUT2D eigenvalue weighted by Crippen LogP contribution is -2.00. The molecule has 1 aromatic heterocycles. The molecule has 1 aromatic carbocycles. The van der Waals surface area contributed by atoms with E-state index in [-0.39, 0.29) is 0 Å². The van der Waals surface area contributed by atoms with Gasteiger partial charge >= 0.3 is 0 Å². The van der Waals surface area contributed by atoms with E-state index < -0.39 is 0 Å². The van der Waals surface area contributed by atoms with E-state index >= 15 is 0 Å². The third-order valence-electron chi connectivity index (χ3n) is 3.38. The number of benzene rings is 1. The van der Waals surface area contributed by atoms with Crippen molar-refractivity contribution in [3.63, 3.8) is 0 Å². The van der Waals surface area contributed by atoms with Gasteiger partial charge in [-0.25, -0.2) is 0 Å². The van der Waals surface area contributed by atoms with E-state index in [4.69, 9.17) is 0 Å². The Bertz CT molecular complexity index is 549. The highest BCUT2D eigenvalue weighted by atomic mass is 79.9. The molecular weight excluding hydrogens is 286 g/mol. The fourth-order valence-electron chi connectivity index (χ4n) is 1.98. The van der Waals surface area contributed by atoms with Crippen LogP contribution in [0.1, 0.15) is 32.8 Å². The average Bonchev–Trinajstić information content (AvgIpc) is 2.35. The van der Waals surface area contributed by atoms with Crippen LogP contribution in [0.2, 0.25) is 0 Å². The SMILES string of the molecule is Cc1ccc(C(Br)Cc2ncccc2C)cc1C. The molecular formula is C16H18BrN. The third kappa shape index (κ3) is 2.99. The van der Waals surface area contributed by atoms with Gasteiger partial charge in [0.25, 0.3) is 0 Å². The molecule has 2 rings (SSSR count). The summed E-state index contributed by atoms with van der Waals surface area (Å²) in [6, 6.07) is 10.7. The Labute approximate surface area is 117 Å². The maximum atomic E-state index is 4.45. The molecule has 0 bridgehead atoms. The van der Waals surface area contributed by atoms with Crippen molar-refractivity contribution in [1.29, 1.82) is 0 Å². The molecule has 1 heterocycles. The minimum Gasteiger partial charge on any atom is -0.261 e. The Morgan fingerprint density at radius 2 is 1.83 bits per heavy atom. The topological polar surface area (TPSA) is 12.9 Å². The van der Waals surface area contributed by atoms with E-state index in [2.05, 4.69) is 66.0 Å². The zero-order valence-electron chi connectivity index (χ0n) is 11.1. The summed E-state index contributed by atoms with van der Waals surface area (Å²) in [4.78, 5) is 4.78. The summed E-state index contributed by atoms with van der Waals surface area (Å²) < 4.78 is 0. The standard InChI is InChI=1S/C16H18BrN/c1-11-6-7-14(9-13(11)3)15(17)10-16-12(2)5-4-8-18-16/h4-9,15H,10H2,1-3H3. The zero-order chi connectivity index (χ0) is 13.1. The first kappa shape index (κ1) is 13.3. The summed E-state index contributed by atoms with van der Waals surface area (Å²) in [5.74, 6) is 0. The number of hydrogen-bond acceptors (Lipinski definition) is 1. The quantitative estimate of drug-likeness (QED) is 0.750. The zero-order valence-corrected chi connectivity index (χ0v) is 12.7. The first-order valence-corrected chi connectivity index (χ1v) is 7.11. The Balaban J connectivity index is 2.19. The van der Waals surface area contributed by atoms with Crippen molar-refractivity contribution < 1.29 is 0 Å². The maximum Gasteiger partial charge on any atom is 0.0450 e. The number of alkyl halides is 1. The van der Waals surface area contributed by atoms with Crippen molar-refractivity contribution in [2.75, 3.05) is 0 Å². The van der Waals surface area contributed by atoms with Gasteiger partial charge in [0.1, 0.15) is 0 Å². The molecule has 0 radical (unpaired) electrons. The van der Waals surface area contributed by atoms with E-state index in [1.165, 1.54) is 22.3 Å². The highest BCUT2D eigenvalue weighted by Crippen LogP contribution is 2.28. The van der Waals surface area contributed by atoms with Crippen LogP contribution in [0, 0.1) is 20.8 Å². The molecule has 2 heteroatoms. The smallest absolute Gasteiger partial charge is 0.0450 e. The molecule has 0 aliphatic carbocycles. The molecule has 94 valence electrons. The van der Waals surface area contributed by atoms with Crippen LogP contribution < -0.4 is 0 Å². The number of nitrogens with zero attached hydrogens (tertiary/aromatic N) is 1. The van der Waals surface area contributed by atoms with Crippen molar-refractivity contribution in [1.82, 2.24) is 4.98 Å². The van der Waals surface area contributed by atoms with Gasteiger partial charge in [-0.2, -0.15) is 0 Å². The van der Waals surface area contributed by atoms with Crippen LogP contribution in [0.3, 0.4) is 0 Å². The summed E-state index contributed by atoms with van der Waals surface area (Å²) in [7, 11) is 0. The number of pyridine rings is 1. The molecule has 0 saturated carbocycles. The van der Waals surface area contributed by atoms with Crippen molar-refractivity contribution in [3.05, 3.63) is 64.5 Å². The summed E-state index contributed by atoms with van der Waals surface area (Å²) in [6.07, 6.45) is 2.79. The largest absolute Gasteiger partial charge is 0.261 e. The second kappa shape index (κ2) is 5.66. The lowest BCUT2D eigenvalue weighted by molar-refractivity contribution is 0.890. The molecule has 0 aliphatic rings. The van der Waals surface area contributed by atoms with Crippen molar-refractivity contribution >= 4 is 15.9 Å². The van der Waals surface area contributed by atoms with E-state index in [1.807, 2.05) is 12.3 Å². The Hall–Kier alpha value is -1.15. The molecule has 0 amide bonds. The minimum absolute atomic E-state index is 0.324. The Morgan fingerprint density at radius 3 is 2.50 bits per heavy atom. The summed E-state index contributed by atoms with van der Waals surface area (Å²) in [5.41, 5.74) is 6.42. The molecule has 1 nitrogen and oxygen atoms in total. The van der Waals surface area contributed by atoms with Gasteiger partial charge in [-0.1, -0.05) is 40.2 Å². The highest BCUT2D eigenvalue weighted by molar-refractivity contribution is 9.09. The molecule has 0 N–H and O–H groups in total. The normalized spacial score (nSPS) is 12.4. The third-order valence-corrected chi connectivity index (χ3v) is 4.24. The predicted molar refractivity (Wildman–Crippen MR) is 80.3 cm³/mol. The van der Waals surface area contributed by atoms with Crippen molar-refractivity contribution in [3.8, 4) is 0 Å². The Morgan fingerprint density at radius 1 is 1.06 bits per heavy atom. The molecule has 1 unspecified atom stereocenters. The predicted octanol–water partition coefficient (Wildman–Crippen LogP) is 4.69. The second-order valence-electron chi connectivity index (χ2n) is 4.78. The average molecular weight is 304 g/mol. The van der Waals surface area contributed by atoms with Crippen LogP contribution >= 0.6 is 15.9 Å². The molecule has 0 fully saturated rings. The van der Waals surface area contributed by atoms with Gasteiger partial charge in [-0.15, -0.1) is 0 Å². The highest BCUT2D eigenvalue weighted by Gasteiger charge is 2.11. The molecule has 0 aliphatic heterocycles. The fourth-order valence-corrected chi connectivity index (χ4v) is 2.57. The van der Waals surface area contributed by atoms with Crippen LogP contribution in [-0.4, -0.2) is 4.98 Å². The van der Waals surface area contributed by atoms with Gasteiger partial charge in [0.2, 0.25) is 0 Å². The number of aryl methyl sites for hydroxylation is 3. The monoisotopic (exact) mass is 303 g/mol. The van der Waals surface area contributed by atoms with Crippen molar-refractivity contribution in [2.24, 2.45) is 0 Å². The van der Waals surface area contributed by atoms with Crippen molar-refractivity contribution in [2.45, 2.75) is 32.0 Å². The van der Waals surface area contributed by atoms with E-state index in [1.54, 1.807) is 0 Å². The summed E-state index contributed by atoms with van der Waals surface area (Å²) in [5, 5.41) is 0. The lowest BCUT2D eigenvalue weighted by Gasteiger charge is -2.13. The molecule has 18 heavy (non-hydrogen) atoms. The van der Waals surface area contributed by atoms with Gasteiger partial charge in [-0.3, -0.25) is 4.98 Å². The summed E-state index contributed by atoms with van der Waals surface area (Å²) in [6.45, 7) is 6.41. The van der Waals surface area contributed by atoms with E-state index in [0.717, 1.165) is 12.1 Å². The fraction of sp³-hybridized carbons (Fsp3) is 0.312. The van der Waals surface area contributed by atoms with E-state index in [0.29, 0.717) is 4.83 Å². The lowest BCUT2D eigenvalue weighted by atomic mass is 10.0. The number of halogens is 1. The minimum atomic E-state index is 0.324. The van der Waals surface area contributed by atoms with Crippen LogP contribution in [-0.2, 0) is 6.42 Å². The number of aromatic nitrogens is 1. The van der Waals surface area contributed by atoms with Gasteiger partial charge in [0.05, 0.1) is 0 Å². The van der Waals surface area contributed by atoms with Crippen LogP contribution in [0.5, 0.6) is 0 Å². The Kier molecular flexibility index (Phi) is 4.18.